The van der Waals surface area contributed by atoms with Crippen LogP contribution in [0.5, 0.6) is 0 Å². The summed E-state index contributed by atoms with van der Waals surface area (Å²) in [5, 5.41) is 28.9. The van der Waals surface area contributed by atoms with E-state index >= 15 is 0 Å². The van der Waals surface area contributed by atoms with E-state index < -0.39 is 17.0 Å². The zero-order chi connectivity index (χ0) is 16.1. The molecule has 2 rings (SSSR count). The van der Waals surface area contributed by atoms with Gasteiger partial charge in [-0.25, -0.2) is 4.79 Å². The molecule has 0 fully saturated rings. The molecule has 0 aliphatic rings. The molecule has 0 amide bonds. The molecule has 6 heteroatoms. The highest BCUT2D eigenvalue weighted by Gasteiger charge is 2.15. The number of nitrogens with zero attached hydrogens (tertiary/aromatic N) is 1. The molecular weight excluding hydrogens is 286 g/mol. The number of benzene rings is 2. The molecule has 6 nitrogen and oxygen atoms in total. The molecule has 0 saturated heterocycles. The van der Waals surface area contributed by atoms with Crippen molar-refractivity contribution in [3.05, 3.63) is 64.2 Å². The summed E-state index contributed by atoms with van der Waals surface area (Å²) >= 11 is 0. The number of aryl methyl sites for hydroxylation is 1. The molecule has 0 spiro atoms. The monoisotopic (exact) mass is 301 g/mol. The summed E-state index contributed by atoms with van der Waals surface area (Å²) in [6, 6.07) is 13.5. The summed E-state index contributed by atoms with van der Waals surface area (Å²) in [6.45, 7) is 0. The van der Waals surface area contributed by atoms with Crippen LogP contribution in [0.25, 0.3) is 11.1 Å². The molecule has 22 heavy (non-hydrogen) atoms. The lowest BCUT2D eigenvalue weighted by Gasteiger charge is -2.07. The summed E-state index contributed by atoms with van der Waals surface area (Å²) in [5.41, 5.74) is 2.15. The number of hydrogen-bond donors (Lipinski definition) is 2. The van der Waals surface area contributed by atoms with E-state index in [0.717, 1.165) is 11.1 Å². The van der Waals surface area contributed by atoms with Gasteiger partial charge in [-0.2, -0.15) is 0 Å². The molecule has 2 N–H and O–H groups in total. The molecule has 1 unspecified atom stereocenters. The minimum atomic E-state index is -1.38. The number of aliphatic carboxylic acids is 1. The summed E-state index contributed by atoms with van der Waals surface area (Å²) in [6.07, 6.45) is -0.833. The Morgan fingerprint density at radius 3 is 2.36 bits per heavy atom. The molecule has 0 bridgehead atoms. The molecule has 114 valence electrons. The van der Waals surface area contributed by atoms with Crippen molar-refractivity contribution in [2.75, 3.05) is 0 Å². The Kier molecular flexibility index (Phi) is 4.85. The second kappa shape index (κ2) is 6.82. The summed E-state index contributed by atoms with van der Waals surface area (Å²) in [7, 11) is 0. The fourth-order valence-electron chi connectivity index (χ4n) is 2.15. The summed E-state index contributed by atoms with van der Waals surface area (Å²) in [5.74, 6) is -1.24. The Bertz CT molecular complexity index is 681. The van der Waals surface area contributed by atoms with Crippen molar-refractivity contribution in [3.63, 3.8) is 0 Å². The van der Waals surface area contributed by atoms with E-state index in [2.05, 4.69) is 0 Å². The van der Waals surface area contributed by atoms with Gasteiger partial charge in [-0.15, -0.1) is 0 Å². The molecule has 0 radical (unpaired) electrons. The Morgan fingerprint density at radius 1 is 1.14 bits per heavy atom. The Labute approximate surface area is 126 Å². The van der Waals surface area contributed by atoms with E-state index in [-0.39, 0.29) is 12.1 Å². The van der Waals surface area contributed by atoms with Crippen LogP contribution in [-0.4, -0.2) is 27.2 Å². The van der Waals surface area contributed by atoms with Gasteiger partial charge in [-0.1, -0.05) is 36.4 Å². The van der Waals surface area contributed by atoms with Crippen LogP contribution >= 0.6 is 0 Å². The maximum atomic E-state index is 11.0. The van der Waals surface area contributed by atoms with E-state index in [0.29, 0.717) is 12.0 Å². The topological polar surface area (TPSA) is 101 Å². The quantitative estimate of drug-likeness (QED) is 0.631. The van der Waals surface area contributed by atoms with Gasteiger partial charge in [0, 0.05) is 6.07 Å². The Morgan fingerprint density at radius 2 is 1.77 bits per heavy atom. The predicted octanol–water partition coefficient (Wildman–Crippen LogP) is 2.64. The van der Waals surface area contributed by atoms with Crippen molar-refractivity contribution in [3.8, 4) is 11.1 Å². The van der Waals surface area contributed by atoms with Gasteiger partial charge in [0.25, 0.3) is 5.69 Å². The van der Waals surface area contributed by atoms with Gasteiger partial charge in [-0.05, 0) is 30.0 Å². The molecule has 0 heterocycles. The van der Waals surface area contributed by atoms with Crippen LogP contribution < -0.4 is 0 Å². The smallest absolute Gasteiger partial charge is 0.332 e. The van der Waals surface area contributed by atoms with Crippen molar-refractivity contribution in [2.24, 2.45) is 0 Å². The predicted molar refractivity (Wildman–Crippen MR) is 80.5 cm³/mol. The van der Waals surface area contributed by atoms with Gasteiger partial charge < -0.3 is 10.2 Å². The SMILES string of the molecule is O=C(O)C(O)CCc1ccc(-c2ccccc2[N+](=O)[O-])cc1. The highest BCUT2D eigenvalue weighted by atomic mass is 16.6. The van der Waals surface area contributed by atoms with E-state index in [1.807, 2.05) is 0 Å². The first-order valence-electron chi connectivity index (χ1n) is 6.72. The third-order valence-electron chi connectivity index (χ3n) is 3.36. The number of nitro benzene ring substituents is 1. The first-order chi connectivity index (χ1) is 10.5. The fourth-order valence-corrected chi connectivity index (χ4v) is 2.15. The highest BCUT2D eigenvalue weighted by molar-refractivity contribution is 5.73. The molecule has 0 aromatic heterocycles. The molecule has 1 atom stereocenters. The average molecular weight is 301 g/mol. The zero-order valence-corrected chi connectivity index (χ0v) is 11.7. The third kappa shape index (κ3) is 3.67. The number of para-hydroxylation sites is 1. The Hall–Kier alpha value is -2.73. The first-order valence-corrected chi connectivity index (χ1v) is 6.72. The van der Waals surface area contributed by atoms with Crippen molar-refractivity contribution < 1.29 is 19.9 Å². The van der Waals surface area contributed by atoms with Gasteiger partial charge in [-0.3, -0.25) is 10.1 Å². The number of aliphatic hydroxyl groups is 1. The van der Waals surface area contributed by atoms with Crippen LogP contribution in [-0.2, 0) is 11.2 Å². The van der Waals surface area contributed by atoms with Crippen molar-refractivity contribution >= 4 is 11.7 Å². The van der Waals surface area contributed by atoms with Crippen LogP contribution in [0.15, 0.2) is 48.5 Å². The molecular formula is C16H15NO5. The number of carboxylic acids is 1. The van der Waals surface area contributed by atoms with E-state index in [9.17, 15) is 20.0 Å². The second-order valence-electron chi connectivity index (χ2n) is 4.86. The second-order valence-corrected chi connectivity index (χ2v) is 4.86. The van der Waals surface area contributed by atoms with Crippen molar-refractivity contribution in [1.82, 2.24) is 0 Å². The van der Waals surface area contributed by atoms with E-state index in [4.69, 9.17) is 5.11 Å². The van der Waals surface area contributed by atoms with Crippen molar-refractivity contribution in [2.45, 2.75) is 18.9 Å². The zero-order valence-electron chi connectivity index (χ0n) is 11.7. The number of nitro groups is 1. The fraction of sp³-hybridized carbons (Fsp3) is 0.188. The van der Waals surface area contributed by atoms with Crippen LogP contribution in [0.2, 0.25) is 0 Å². The van der Waals surface area contributed by atoms with Crippen molar-refractivity contribution in [1.29, 1.82) is 0 Å². The number of hydrogen-bond acceptors (Lipinski definition) is 4. The van der Waals surface area contributed by atoms with Crippen LogP contribution in [0.1, 0.15) is 12.0 Å². The number of rotatable bonds is 6. The van der Waals surface area contributed by atoms with Gasteiger partial charge in [0.15, 0.2) is 6.10 Å². The van der Waals surface area contributed by atoms with Gasteiger partial charge in [0.1, 0.15) is 0 Å². The van der Waals surface area contributed by atoms with E-state index in [1.165, 1.54) is 6.07 Å². The van der Waals surface area contributed by atoms with Gasteiger partial charge in [0.2, 0.25) is 0 Å². The molecule has 2 aromatic rings. The third-order valence-corrected chi connectivity index (χ3v) is 3.36. The minimum absolute atomic E-state index is 0.0385. The Balaban J connectivity index is 2.16. The lowest BCUT2D eigenvalue weighted by molar-refractivity contribution is -0.384. The van der Waals surface area contributed by atoms with Crippen LogP contribution in [0.4, 0.5) is 5.69 Å². The lowest BCUT2D eigenvalue weighted by Crippen LogP contribution is -2.19. The molecule has 0 saturated carbocycles. The minimum Gasteiger partial charge on any atom is -0.479 e. The van der Waals surface area contributed by atoms with Gasteiger partial charge >= 0.3 is 5.97 Å². The normalized spacial score (nSPS) is 11.9. The highest BCUT2D eigenvalue weighted by Crippen LogP contribution is 2.29. The lowest BCUT2D eigenvalue weighted by atomic mass is 10.00. The maximum Gasteiger partial charge on any atom is 0.332 e. The average Bonchev–Trinajstić information content (AvgIpc) is 2.53. The number of carbonyl (C=O) groups is 1. The maximum absolute atomic E-state index is 11.0. The summed E-state index contributed by atoms with van der Waals surface area (Å²) < 4.78 is 0. The van der Waals surface area contributed by atoms with E-state index in [1.54, 1.807) is 42.5 Å². The molecule has 2 aromatic carbocycles. The van der Waals surface area contributed by atoms with Crippen LogP contribution in [0, 0.1) is 10.1 Å². The first kappa shape index (κ1) is 15.7. The molecule has 0 aliphatic heterocycles. The van der Waals surface area contributed by atoms with Crippen LogP contribution in [0.3, 0.4) is 0 Å². The number of carboxylic acid groups (broad SMARTS) is 1. The standard InChI is InChI=1S/C16H15NO5/c18-15(16(19)20)10-7-11-5-8-12(9-6-11)13-3-1-2-4-14(13)17(21)22/h1-6,8-9,15,18H,7,10H2,(H,19,20). The largest absolute Gasteiger partial charge is 0.479 e. The number of aliphatic hydroxyl groups excluding tert-OH is 1. The molecule has 0 aliphatic carbocycles. The van der Waals surface area contributed by atoms with Gasteiger partial charge in [0.05, 0.1) is 10.5 Å². The summed E-state index contributed by atoms with van der Waals surface area (Å²) in [4.78, 5) is 21.1.